The number of carbonyl (C=O) groups is 5. The Morgan fingerprint density at radius 1 is 0.714 bits per heavy atom. The molecule has 3 aromatic carbocycles. The molecule has 0 saturated carbocycles. The molecule has 0 aliphatic carbocycles. The number of carbonyl (C=O) groups excluding carboxylic acids is 5. The number of benzene rings is 3. The third kappa shape index (κ3) is 8.15. The van der Waals surface area contributed by atoms with Gasteiger partial charge >= 0.3 is 23.9 Å². The van der Waals surface area contributed by atoms with Crippen molar-refractivity contribution < 1.29 is 52.4 Å². The summed E-state index contributed by atoms with van der Waals surface area (Å²) in [5, 5.41) is 0.616. The standard InChI is InChI=1S/C37H37NO11/c1-21-10-9-13-30-32(21)29(33(43)27-14-16-28(17-15-27)45-19-26-11-7-6-8-12-26)18-38(30)37-36(48-25(5)42)35(47-24(4)41)34(46-23(3)40)31(49-37)20-44-22(2)39/h6-18,31,34-37H,19-20H2,1-5H3/t31-,34-,35+,36-,37-/m1/s1. The molecule has 256 valence electrons. The van der Waals surface area contributed by atoms with E-state index in [0.717, 1.165) is 25.0 Å². The predicted molar refractivity (Wildman–Crippen MR) is 175 cm³/mol. The lowest BCUT2D eigenvalue weighted by Gasteiger charge is -2.44. The van der Waals surface area contributed by atoms with Crippen LogP contribution in [0.1, 0.15) is 61.0 Å². The number of nitrogens with zero attached hydrogens (tertiary/aromatic N) is 1. The molecule has 12 nitrogen and oxygen atoms in total. The molecular weight excluding hydrogens is 634 g/mol. The lowest BCUT2D eigenvalue weighted by molar-refractivity contribution is -0.267. The van der Waals surface area contributed by atoms with E-state index in [1.807, 2.05) is 43.3 Å². The SMILES string of the molecule is CC(=O)OC[C@H]1O[C@@H](n2cc(C(=O)c3ccc(OCc4ccccc4)cc3)c3c(C)cccc32)[C@H](OC(C)=O)[C@@H](OC(C)=O)[C@@H]1OC(C)=O. The number of aromatic nitrogens is 1. The van der Waals surface area contributed by atoms with Crippen LogP contribution in [-0.2, 0) is 49.5 Å². The molecule has 4 aromatic rings. The minimum Gasteiger partial charge on any atom is -0.489 e. The van der Waals surface area contributed by atoms with Crippen LogP contribution in [0.2, 0.25) is 0 Å². The average Bonchev–Trinajstić information content (AvgIpc) is 3.45. The van der Waals surface area contributed by atoms with Gasteiger partial charge in [0.2, 0.25) is 0 Å². The maximum atomic E-state index is 14.1. The van der Waals surface area contributed by atoms with Gasteiger partial charge in [0.15, 0.2) is 30.3 Å². The van der Waals surface area contributed by atoms with Crippen molar-refractivity contribution in [1.29, 1.82) is 0 Å². The number of fused-ring (bicyclic) bond motifs is 1. The van der Waals surface area contributed by atoms with Gasteiger partial charge in [0.1, 0.15) is 25.1 Å². The average molecular weight is 672 g/mol. The highest BCUT2D eigenvalue weighted by Gasteiger charge is 2.53. The maximum absolute atomic E-state index is 14.1. The lowest BCUT2D eigenvalue weighted by Crippen LogP contribution is -2.60. The number of ether oxygens (including phenoxy) is 6. The second-order valence-electron chi connectivity index (χ2n) is 11.6. The third-order valence-electron chi connectivity index (χ3n) is 7.92. The van der Waals surface area contributed by atoms with Crippen molar-refractivity contribution in [2.75, 3.05) is 6.61 Å². The minimum atomic E-state index is -1.37. The molecule has 0 N–H and O–H groups in total. The Morgan fingerprint density at radius 2 is 1.35 bits per heavy atom. The summed E-state index contributed by atoms with van der Waals surface area (Å²) in [5.74, 6) is -2.53. The molecule has 0 amide bonds. The van der Waals surface area contributed by atoms with E-state index in [4.69, 9.17) is 28.4 Å². The summed E-state index contributed by atoms with van der Waals surface area (Å²) in [6.45, 7) is 6.54. The van der Waals surface area contributed by atoms with Gasteiger partial charge in [-0.3, -0.25) is 24.0 Å². The summed E-state index contributed by atoms with van der Waals surface area (Å²) in [6.07, 6.45) is -4.82. The molecule has 1 aliphatic heterocycles. The first kappa shape index (κ1) is 34.8. The Bertz CT molecular complexity index is 1850. The first-order chi connectivity index (χ1) is 23.4. The van der Waals surface area contributed by atoms with Crippen LogP contribution in [0, 0.1) is 6.92 Å². The first-order valence-electron chi connectivity index (χ1n) is 15.6. The van der Waals surface area contributed by atoms with Crippen LogP contribution in [0.25, 0.3) is 10.9 Å². The molecule has 0 unspecified atom stereocenters. The molecule has 2 heterocycles. The number of esters is 4. The van der Waals surface area contributed by atoms with Crippen molar-refractivity contribution in [3.05, 3.63) is 101 Å². The highest BCUT2D eigenvalue weighted by molar-refractivity contribution is 6.17. The van der Waals surface area contributed by atoms with E-state index in [-0.39, 0.29) is 12.4 Å². The summed E-state index contributed by atoms with van der Waals surface area (Å²) in [5.41, 5.74) is 3.07. The molecule has 1 saturated heterocycles. The van der Waals surface area contributed by atoms with E-state index >= 15 is 0 Å². The van der Waals surface area contributed by atoms with Crippen molar-refractivity contribution in [2.45, 2.75) is 71.9 Å². The molecule has 1 fully saturated rings. The van der Waals surface area contributed by atoms with Crippen molar-refractivity contribution >= 4 is 40.6 Å². The number of hydrogen-bond acceptors (Lipinski definition) is 11. The normalized spacial score (nSPS) is 20.2. The van der Waals surface area contributed by atoms with E-state index in [9.17, 15) is 24.0 Å². The molecule has 49 heavy (non-hydrogen) atoms. The minimum absolute atomic E-state index is 0.293. The van der Waals surface area contributed by atoms with Gasteiger partial charge in [0.25, 0.3) is 0 Å². The van der Waals surface area contributed by atoms with E-state index in [2.05, 4.69) is 0 Å². The molecule has 1 aromatic heterocycles. The molecule has 0 spiro atoms. The van der Waals surface area contributed by atoms with Crippen molar-refractivity contribution in [3.63, 3.8) is 0 Å². The summed E-state index contributed by atoms with van der Waals surface area (Å²) < 4.78 is 36.0. The van der Waals surface area contributed by atoms with Crippen molar-refractivity contribution in [3.8, 4) is 5.75 Å². The molecule has 12 heteroatoms. The molecule has 5 atom stereocenters. The van der Waals surface area contributed by atoms with E-state index in [1.54, 1.807) is 47.2 Å². The smallest absolute Gasteiger partial charge is 0.303 e. The summed E-state index contributed by atoms with van der Waals surface area (Å²) in [4.78, 5) is 62.9. The fraction of sp³-hybridized carbons (Fsp3) is 0.324. The highest BCUT2D eigenvalue weighted by Crippen LogP contribution is 2.39. The van der Waals surface area contributed by atoms with Crippen molar-refractivity contribution in [1.82, 2.24) is 4.57 Å². The Morgan fingerprint density at radius 3 is 1.98 bits per heavy atom. The zero-order valence-corrected chi connectivity index (χ0v) is 27.7. The van der Waals surface area contributed by atoms with Crippen LogP contribution in [0.3, 0.4) is 0 Å². The Hall–Kier alpha value is -5.49. The molecule has 5 rings (SSSR count). The van der Waals surface area contributed by atoms with Gasteiger partial charge in [0, 0.05) is 50.4 Å². The quantitative estimate of drug-likeness (QED) is 0.120. The molecule has 0 bridgehead atoms. The molecule has 1 aliphatic rings. The van der Waals surface area contributed by atoms with E-state index in [0.29, 0.717) is 34.4 Å². The van der Waals surface area contributed by atoms with Crippen LogP contribution in [0.4, 0.5) is 0 Å². The highest BCUT2D eigenvalue weighted by atomic mass is 16.7. The molecule has 0 radical (unpaired) electrons. The number of rotatable bonds is 11. The van der Waals surface area contributed by atoms with Crippen LogP contribution < -0.4 is 4.74 Å². The van der Waals surface area contributed by atoms with Crippen LogP contribution in [0.5, 0.6) is 5.75 Å². The fourth-order valence-electron chi connectivity index (χ4n) is 5.90. The lowest BCUT2D eigenvalue weighted by atomic mass is 9.97. The van der Waals surface area contributed by atoms with Gasteiger partial charge in [-0.05, 0) is 48.4 Å². The second-order valence-corrected chi connectivity index (χ2v) is 11.6. The third-order valence-corrected chi connectivity index (χ3v) is 7.92. The maximum Gasteiger partial charge on any atom is 0.303 e. The zero-order valence-electron chi connectivity index (χ0n) is 27.7. The number of aryl methyl sites for hydroxylation is 1. The van der Waals surface area contributed by atoms with Gasteiger partial charge in [-0.25, -0.2) is 0 Å². The Balaban J connectivity index is 1.56. The van der Waals surface area contributed by atoms with Gasteiger partial charge in [-0.2, -0.15) is 0 Å². The van der Waals surface area contributed by atoms with Crippen molar-refractivity contribution in [2.24, 2.45) is 0 Å². The second kappa shape index (κ2) is 15.2. The zero-order chi connectivity index (χ0) is 35.2. The largest absolute Gasteiger partial charge is 0.489 e. The number of ketones is 1. The van der Waals surface area contributed by atoms with Gasteiger partial charge in [-0.1, -0.05) is 42.5 Å². The summed E-state index contributed by atoms with van der Waals surface area (Å²) in [6, 6.07) is 21.9. The van der Waals surface area contributed by atoms with Crippen LogP contribution >= 0.6 is 0 Å². The number of hydrogen-bond donors (Lipinski definition) is 0. The topological polar surface area (TPSA) is 146 Å². The van der Waals surface area contributed by atoms with E-state index < -0.39 is 54.5 Å². The van der Waals surface area contributed by atoms with Gasteiger partial charge in [0.05, 0.1) is 5.52 Å². The Kier molecular flexibility index (Phi) is 10.8. The summed E-state index contributed by atoms with van der Waals surface area (Å²) >= 11 is 0. The monoisotopic (exact) mass is 671 g/mol. The predicted octanol–water partition coefficient (Wildman–Crippen LogP) is 5.02. The van der Waals surface area contributed by atoms with Gasteiger partial charge in [-0.15, -0.1) is 0 Å². The summed E-state index contributed by atoms with van der Waals surface area (Å²) in [7, 11) is 0. The van der Waals surface area contributed by atoms with Crippen LogP contribution in [0.15, 0.2) is 79.0 Å². The van der Waals surface area contributed by atoms with Gasteiger partial charge < -0.3 is 33.0 Å². The Labute approximate surface area is 282 Å². The first-order valence-corrected chi connectivity index (χ1v) is 15.6. The molecular formula is C37H37NO11. The van der Waals surface area contributed by atoms with Crippen LogP contribution in [-0.4, -0.2) is 65.3 Å². The fourth-order valence-corrected chi connectivity index (χ4v) is 5.90. The van der Waals surface area contributed by atoms with E-state index in [1.165, 1.54) is 13.8 Å².